The van der Waals surface area contributed by atoms with Crippen molar-refractivity contribution in [2.24, 2.45) is 0 Å². The monoisotopic (exact) mass is 322 g/mol. The van der Waals surface area contributed by atoms with Crippen molar-refractivity contribution < 1.29 is 28.6 Å². The highest BCUT2D eigenvalue weighted by Crippen LogP contribution is 2.26. The summed E-state index contributed by atoms with van der Waals surface area (Å²) in [5.74, 6) is -3.72. The fourth-order valence-electron chi connectivity index (χ4n) is 1.64. The van der Waals surface area contributed by atoms with Crippen molar-refractivity contribution in [1.29, 1.82) is 0 Å². The zero-order chi connectivity index (χ0) is 16.1. The standard InChI is InChI=1S/C15H11FO5S/c16-10-3-1-2-9(6-10)8-21-14-5-4-13(22-14)11(17)7-12(18)15(19)20/h1-6H,7-8H2,(H,19,20). The second kappa shape index (κ2) is 6.95. The molecule has 0 atom stereocenters. The number of hydrogen-bond donors (Lipinski definition) is 1. The van der Waals surface area contributed by atoms with Crippen molar-refractivity contribution in [2.45, 2.75) is 13.0 Å². The van der Waals surface area contributed by atoms with Crippen LogP contribution < -0.4 is 4.74 Å². The molecule has 1 aromatic carbocycles. The number of ketones is 2. The number of halogens is 1. The molecule has 0 aliphatic carbocycles. The van der Waals surface area contributed by atoms with Gasteiger partial charge in [-0.1, -0.05) is 23.5 Å². The van der Waals surface area contributed by atoms with E-state index in [1.54, 1.807) is 18.2 Å². The zero-order valence-electron chi connectivity index (χ0n) is 11.2. The molecule has 2 aromatic rings. The van der Waals surface area contributed by atoms with Crippen LogP contribution in [0.5, 0.6) is 5.06 Å². The second-order valence-electron chi connectivity index (χ2n) is 4.37. The van der Waals surface area contributed by atoms with E-state index in [9.17, 15) is 18.8 Å². The molecule has 0 aliphatic rings. The van der Waals surface area contributed by atoms with E-state index in [1.807, 2.05) is 0 Å². The number of benzene rings is 1. The normalized spacial score (nSPS) is 10.2. The Balaban J connectivity index is 1.95. The van der Waals surface area contributed by atoms with E-state index in [2.05, 4.69) is 0 Å². The van der Waals surface area contributed by atoms with E-state index in [0.29, 0.717) is 10.6 Å². The number of carboxylic acids is 1. The molecule has 0 unspecified atom stereocenters. The zero-order valence-corrected chi connectivity index (χ0v) is 12.1. The van der Waals surface area contributed by atoms with E-state index in [0.717, 1.165) is 11.3 Å². The minimum Gasteiger partial charge on any atom is -0.479 e. The maximum absolute atomic E-state index is 13.0. The van der Waals surface area contributed by atoms with Gasteiger partial charge in [-0.05, 0) is 29.8 Å². The summed E-state index contributed by atoms with van der Waals surface area (Å²) in [4.78, 5) is 33.4. The first-order valence-corrected chi connectivity index (χ1v) is 7.04. The summed E-state index contributed by atoms with van der Waals surface area (Å²) in [6, 6.07) is 8.94. The van der Waals surface area contributed by atoms with Crippen LogP contribution in [0.1, 0.15) is 21.7 Å². The Morgan fingerprint density at radius 2 is 1.95 bits per heavy atom. The molecule has 0 fully saturated rings. The molecule has 0 aliphatic heterocycles. The number of carbonyl (C=O) groups is 3. The van der Waals surface area contributed by atoms with Gasteiger partial charge in [0.05, 0.1) is 11.3 Å². The number of rotatable bonds is 7. The fraction of sp³-hybridized carbons (Fsp3) is 0.133. The van der Waals surface area contributed by atoms with Crippen LogP contribution in [0.3, 0.4) is 0 Å². The third kappa shape index (κ3) is 4.23. The first-order valence-electron chi connectivity index (χ1n) is 6.22. The van der Waals surface area contributed by atoms with Crippen LogP contribution in [0.15, 0.2) is 36.4 Å². The van der Waals surface area contributed by atoms with E-state index < -0.39 is 24.0 Å². The van der Waals surface area contributed by atoms with Gasteiger partial charge >= 0.3 is 5.97 Å². The molecule has 5 nitrogen and oxygen atoms in total. The van der Waals surface area contributed by atoms with Gasteiger partial charge in [-0.25, -0.2) is 9.18 Å². The number of Topliss-reactive ketones (excluding diaryl/α,β-unsaturated/α-hetero) is 2. The van der Waals surface area contributed by atoms with Crippen molar-refractivity contribution in [3.8, 4) is 5.06 Å². The lowest BCUT2D eigenvalue weighted by atomic mass is 10.2. The lowest BCUT2D eigenvalue weighted by Gasteiger charge is -2.03. The fourth-order valence-corrected chi connectivity index (χ4v) is 2.43. The molecule has 0 saturated carbocycles. The highest BCUT2D eigenvalue weighted by atomic mass is 32.1. The van der Waals surface area contributed by atoms with E-state index in [1.165, 1.54) is 18.2 Å². The van der Waals surface area contributed by atoms with Gasteiger partial charge in [0, 0.05) is 0 Å². The summed E-state index contributed by atoms with van der Waals surface area (Å²) in [7, 11) is 0. The third-order valence-electron chi connectivity index (χ3n) is 2.69. The predicted octanol–water partition coefficient (Wildman–Crippen LogP) is 2.69. The molecule has 1 heterocycles. The molecule has 2 rings (SSSR count). The van der Waals surface area contributed by atoms with E-state index >= 15 is 0 Å². The Hall–Kier alpha value is -2.54. The first kappa shape index (κ1) is 15.8. The Labute approximate surface area is 129 Å². The number of aliphatic carboxylic acids is 1. The number of carboxylic acid groups (broad SMARTS) is 1. The first-order chi connectivity index (χ1) is 10.5. The highest BCUT2D eigenvalue weighted by molar-refractivity contribution is 7.15. The molecule has 0 amide bonds. The van der Waals surface area contributed by atoms with Gasteiger partial charge in [0.15, 0.2) is 10.8 Å². The Morgan fingerprint density at radius 3 is 2.64 bits per heavy atom. The molecular weight excluding hydrogens is 311 g/mol. The van der Waals surface area contributed by atoms with E-state index in [4.69, 9.17) is 9.84 Å². The summed E-state index contributed by atoms with van der Waals surface area (Å²) in [6.45, 7) is 0.139. The van der Waals surface area contributed by atoms with Crippen molar-refractivity contribution in [3.05, 3.63) is 52.7 Å². The van der Waals surface area contributed by atoms with Crippen LogP contribution in [0, 0.1) is 5.82 Å². The molecule has 1 aromatic heterocycles. The van der Waals surface area contributed by atoms with Gasteiger partial charge in [0.2, 0.25) is 5.78 Å². The predicted molar refractivity (Wildman–Crippen MR) is 76.6 cm³/mol. The van der Waals surface area contributed by atoms with Crippen molar-refractivity contribution in [1.82, 2.24) is 0 Å². The van der Waals surface area contributed by atoms with Crippen LogP contribution in [0.2, 0.25) is 0 Å². The second-order valence-corrected chi connectivity index (χ2v) is 5.41. The molecule has 0 radical (unpaired) electrons. The number of thiophene rings is 1. The smallest absolute Gasteiger partial charge is 0.372 e. The summed E-state index contributed by atoms with van der Waals surface area (Å²) in [6.07, 6.45) is -0.681. The third-order valence-corrected chi connectivity index (χ3v) is 3.72. The van der Waals surface area contributed by atoms with Gasteiger partial charge in [-0.3, -0.25) is 9.59 Å². The maximum Gasteiger partial charge on any atom is 0.372 e. The maximum atomic E-state index is 13.0. The van der Waals surface area contributed by atoms with E-state index in [-0.39, 0.29) is 17.3 Å². The summed E-state index contributed by atoms with van der Waals surface area (Å²) < 4.78 is 18.4. The Morgan fingerprint density at radius 1 is 1.18 bits per heavy atom. The molecule has 0 spiro atoms. The number of ether oxygens (including phenoxy) is 1. The average Bonchev–Trinajstić information content (AvgIpc) is 2.94. The van der Waals surface area contributed by atoms with Crippen LogP contribution >= 0.6 is 11.3 Å². The Kier molecular flexibility index (Phi) is 5.00. The van der Waals surface area contributed by atoms with Gasteiger partial charge in [-0.2, -0.15) is 0 Å². The van der Waals surface area contributed by atoms with Crippen molar-refractivity contribution in [3.63, 3.8) is 0 Å². The lowest BCUT2D eigenvalue weighted by molar-refractivity contribution is -0.148. The van der Waals surface area contributed by atoms with Crippen LogP contribution in [0.4, 0.5) is 4.39 Å². The molecule has 0 saturated heterocycles. The molecule has 7 heteroatoms. The van der Waals surface area contributed by atoms with Crippen molar-refractivity contribution >= 4 is 28.9 Å². The SMILES string of the molecule is O=C(O)C(=O)CC(=O)c1ccc(OCc2cccc(F)c2)s1. The lowest BCUT2D eigenvalue weighted by Crippen LogP contribution is -2.16. The number of hydrogen-bond acceptors (Lipinski definition) is 5. The quantitative estimate of drug-likeness (QED) is 0.481. The molecule has 22 heavy (non-hydrogen) atoms. The minimum absolute atomic E-state index is 0.139. The molecule has 0 bridgehead atoms. The summed E-state index contributed by atoms with van der Waals surface area (Å²) >= 11 is 1.01. The summed E-state index contributed by atoms with van der Waals surface area (Å²) in [5.41, 5.74) is 0.641. The minimum atomic E-state index is -1.63. The van der Waals surface area contributed by atoms with Crippen molar-refractivity contribution in [2.75, 3.05) is 0 Å². The largest absolute Gasteiger partial charge is 0.479 e. The molecule has 114 valence electrons. The average molecular weight is 322 g/mol. The molecular formula is C15H11FO5S. The topological polar surface area (TPSA) is 80.7 Å². The van der Waals surface area contributed by atoms with Gasteiger partial charge in [-0.15, -0.1) is 0 Å². The number of carbonyl (C=O) groups excluding carboxylic acids is 2. The van der Waals surface area contributed by atoms with Gasteiger partial charge < -0.3 is 9.84 Å². The van der Waals surface area contributed by atoms with Crippen LogP contribution in [-0.4, -0.2) is 22.6 Å². The van der Waals surface area contributed by atoms with Gasteiger partial charge in [0.25, 0.3) is 0 Å². The highest BCUT2D eigenvalue weighted by Gasteiger charge is 2.19. The van der Waals surface area contributed by atoms with Crippen LogP contribution in [0.25, 0.3) is 0 Å². The summed E-state index contributed by atoms with van der Waals surface area (Å²) in [5, 5.41) is 8.89. The van der Waals surface area contributed by atoms with Crippen LogP contribution in [-0.2, 0) is 16.2 Å². The molecule has 1 N–H and O–H groups in total. The van der Waals surface area contributed by atoms with Gasteiger partial charge in [0.1, 0.15) is 12.4 Å². The Bertz CT molecular complexity index is 722.